The third kappa shape index (κ3) is 1.10. The first-order valence-corrected chi connectivity index (χ1v) is 6.79. The Labute approximate surface area is 103 Å². The average molecular weight is 229 g/mol. The molecule has 1 aromatic rings. The van der Waals surface area contributed by atoms with Crippen LogP contribution < -0.4 is 4.74 Å². The lowest BCUT2D eigenvalue weighted by Crippen LogP contribution is -2.51. The van der Waals surface area contributed by atoms with Crippen LogP contribution in [0, 0.1) is 0 Å². The quantitative estimate of drug-likeness (QED) is 0.678. The minimum absolute atomic E-state index is 0.309. The Morgan fingerprint density at radius 1 is 1.29 bits per heavy atom. The highest BCUT2D eigenvalue weighted by atomic mass is 16.5. The SMILES string of the molecule is CN1CC[C@]23c4ccccc4O[C@H]2CCC[C@H]13. The minimum Gasteiger partial charge on any atom is -0.489 e. The summed E-state index contributed by atoms with van der Waals surface area (Å²) in [6.45, 7) is 1.22. The number of nitrogens with zero attached hydrogens (tertiary/aromatic N) is 1. The number of hydrogen-bond acceptors (Lipinski definition) is 2. The first-order chi connectivity index (χ1) is 8.32. The summed E-state index contributed by atoms with van der Waals surface area (Å²) in [7, 11) is 2.28. The van der Waals surface area contributed by atoms with Crippen LogP contribution in [0.3, 0.4) is 0 Å². The summed E-state index contributed by atoms with van der Waals surface area (Å²) in [6, 6.07) is 9.42. The van der Waals surface area contributed by atoms with Crippen molar-refractivity contribution < 1.29 is 4.74 Å². The smallest absolute Gasteiger partial charge is 0.123 e. The molecule has 2 fully saturated rings. The predicted octanol–water partition coefficient (Wildman–Crippen LogP) is 2.57. The fraction of sp³-hybridized carbons (Fsp3) is 0.600. The number of likely N-dealkylation sites (N-methyl/N-ethyl adjacent to an activating group) is 1. The van der Waals surface area contributed by atoms with Crippen molar-refractivity contribution in [1.29, 1.82) is 0 Å². The summed E-state index contributed by atoms with van der Waals surface area (Å²) in [6.07, 6.45) is 5.60. The molecule has 2 heterocycles. The van der Waals surface area contributed by atoms with E-state index in [9.17, 15) is 0 Å². The summed E-state index contributed by atoms with van der Waals surface area (Å²) in [5, 5.41) is 0. The largest absolute Gasteiger partial charge is 0.489 e. The fourth-order valence-corrected chi connectivity index (χ4v) is 4.44. The van der Waals surface area contributed by atoms with Crippen molar-refractivity contribution in [1.82, 2.24) is 4.90 Å². The van der Waals surface area contributed by atoms with Gasteiger partial charge in [-0.1, -0.05) is 18.2 Å². The van der Waals surface area contributed by atoms with Gasteiger partial charge < -0.3 is 9.64 Å². The highest BCUT2D eigenvalue weighted by Crippen LogP contribution is 2.55. The summed E-state index contributed by atoms with van der Waals surface area (Å²) >= 11 is 0. The van der Waals surface area contributed by atoms with Crippen molar-refractivity contribution in [3.63, 3.8) is 0 Å². The van der Waals surface area contributed by atoms with Gasteiger partial charge in [0.05, 0.1) is 5.41 Å². The van der Waals surface area contributed by atoms with Crippen molar-refractivity contribution in [3.05, 3.63) is 29.8 Å². The van der Waals surface area contributed by atoms with E-state index in [1.54, 1.807) is 0 Å². The van der Waals surface area contributed by atoms with Crippen LogP contribution in [0.25, 0.3) is 0 Å². The van der Waals surface area contributed by atoms with Crippen molar-refractivity contribution in [2.45, 2.75) is 43.2 Å². The fourth-order valence-electron chi connectivity index (χ4n) is 4.44. The van der Waals surface area contributed by atoms with Crippen molar-refractivity contribution in [2.24, 2.45) is 0 Å². The summed E-state index contributed by atoms with van der Waals surface area (Å²) in [5.41, 5.74) is 1.79. The van der Waals surface area contributed by atoms with Crippen LogP contribution in [0.5, 0.6) is 5.75 Å². The molecular weight excluding hydrogens is 210 g/mol. The summed E-state index contributed by atoms with van der Waals surface area (Å²) in [5.74, 6) is 1.15. The molecule has 17 heavy (non-hydrogen) atoms. The predicted molar refractivity (Wildman–Crippen MR) is 67.4 cm³/mol. The van der Waals surface area contributed by atoms with E-state index in [0.29, 0.717) is 17.6 Å². The molecule has 0 amide bonds. The molecule has 90 valence electrons. The molecule has 1 aliphatic carbocycles. The van der Waals surface area contributed by atoms with Gasteiger partial charge in [0.15, 0.2) is 0 Å². The van der Waals surface area contributed by atoms with E-state index in [-0.39, 0.29) is 0 Å². The third-order valence-corrected chi connectivity index (χ3v) is 5.18. The molecule has 0 bridgehead atoms. The lowest BCUT2D eigenvalue weighted by atomic mass is 9.65. The molecule has 0 unspecified atom stereocenters. The van der Waals surface area contributed by atoms with Gasteiger partial charge >= 0.3 is 0 Å². The van der Waals surface area contributed by atoms with Gasteiger partial charge in [-0.05, 0) is 45.3 Å². The molecule has 1 aromatic carbocycles. The van der Waals surface area contributed by atoms with E-state index >= 15 is 0 Å². The molecule has 3 atom stereocenters. The minimum atomic E-state index is 0.309. The molecule has 0 aromatic heterocycles. The Kier molecular flexibility index (Phi) is 1.91. The lowest BCUT2D eigenvalue weighted by molar-refractivity contribution is 0.0685. The number of rotatable bonds is 0. The number of ether oxygens (including phenoxy) is 1. The first-order valence-electron chi connectivity index (χ1n) is 6.79. The Hall–Kier alpha value is -1.02. The maximum absolute atomic E-state index is 6.24. The maximum Gasteiger partial charge on any atom is 0.123 e. The van der Waals surface area contributed by atoms with Gasteiger partial charge in [-0.3, -0.25) is 0 Å². The zero-order valence-electron chi connectivity index (χ0n) is 10.4. The molecule has 4 rings (SSSR count). The number of likely N-dealkylation sites (tertiary alicyclic amines) is 1. The van der Waals surface area contributed by atoms with E-state index in [0.717, 1.165) is 5.75 Å². The monoisotopic (exact) mass is 229 g/mol. The van der Waals surface area contributed by atoms with E-state index in [1.165, 1.54) is 37.8 Å². The zero-order valence-corrected chi connectivity index (χ0v) is 10.4. The van der Waals surface area contributed by atoms with E-state index in [2.05, 4.69) is 36.2 Å². The van der Waals surface area contributed by atoms with Crippen LogP contribution in [0.1, 0.15) is 31.2 Å². The second-order valence-corrected chi connectivity index (χ2v) is 5.82. The zero-order chi connectivity index (χ0) is 11.5. The Bertz CT molecular complexity index is 458. The second kappa shape index (κ2) is 3.26. The normalized spacial score (nSPS) is 39.4. The molecular formula is C15H19NO. The van der Waals surface area contributed by atoms with Gasteiger partial charge in [0, 0.05) is 11.6 Å². The molecule has 0 N–H and O–H groups in total. The van der Waals surface area contributed by atoms with Crippen LogP contribution in [0.4, 0.5) is 0 Å². The second-order valence-electron chi connectivity index (χ2n) is 5.82. The highest BCUT2D eigenvalue weighted by Gasteiger charge is 2.59. The van der Waals surface area contributed by atoms with Crippen LogP contribution in [-0.2, 0) is 5.41 Å². The summed E-state index contributed by atoms with van der Waals surface area (Å²) in [4.78, 5) is 2.55. The van der Waals surface area contributed by atoms with Gasteiger partial charge in [-0.15, -0.1) is 0 Å². The van der Waals surface area contributed by atoms with Gasteiger partial charge in [0.1, 0.15) is 11.9 Å². The van der Waals surface area contributed by atoms with Crippen molar-refractivity contribution in [3.8, 4) is 5.75 Å². The van der Waals surface area contributed by atoms with E-state index in [4.69, 9.17) is 4.74 Å². The van der Waals surface area contributed by atoms with E-state index in [1.807, 2.05) is 0 Å². The Morgan fingerprint density at radius 3 is 3.12 bits per heavy atom. The van der Waals surface area contributed by atoms with Gasteiger partial charge in [0.2, 0.25) is 0 Å². The summed E-state index contributed by atoms with van der Waals surface area (Å²) < 4.78 is 6.24. The number of benzene rings is 1. The average Bonchev–Trinajstić information content (AvgIpc) is 2.87. The topological polar surface area (TPSA) is 12.5 Å². The van der Waals surface area contributed by atoms with E-state index < -0.39 is 0 Å². The molecule has 2 heteroatoms. The number of para-hydroxylation sites is 1. The number of hydrogen-bond donors (Lipinski definition) is 0. The van der Waals surface area contributed by atoms with Crippen molar-refractivity contribution >= 4 is 0 Å². The Balaban J connectivity index is 1.90. The Morgan fingerprint density at radius 2 is 2.18 bits per heavy atom. The molecule has 3 aliphatic rings. The van der Waals surface area contributed by atoms with Crippen LogP contribution >= 0.6 is 0 Å². The molecule has 2 nitrogen and oxygen atoms in total. The first kappa shape index (κ1) is 9.95. The molecule has 0 radical (unpaired) electrons. The molecule has 1 saturated carbocycles. The van der Waals surface area contributed by atoms with Gasteiger partial charge in [-0.2, -0.15) is 0 Å². The van der Waals surface area contributed by atoms with Crippen LogP contribution in [-0.4, -0.2) is 30.6 Å². The maximum atomic E-state index is 6.24. The van der Waals surface area contributed by atoms with Gasteiger partial charge in [0.25, 0.3) is 0 Å². The van der Waals surface area contributed by atoms with Crippen molar-refractivity contribution in [2.75, 3.05) is 13.6 Å². The third-order valence-electron chi connectivity index (χ3n) is 5.18. The molecule has 1 spiro atoms. The van der Waals surface area contributed by atoms with Crippen LogP contribution in [0.15, 0.2) is 24.3 Å². The lowest BCUT2D eigenvalue weighted by Gasteiger charge is -2.41. The highest BCUT2D eigenvalue weighted by molar-refractivity contribution is 5.48. The van der Waals surface area contributed by atoms with Gasteiger partial charge in [-0.25, -0.2) is 0 Å². The number of fused-ring (bicyclic) bond motifs is 1. The molecule has 2 aliphatic heterocycles. The molecule has 1 saturated heterocycles. The standard InChI is InChI=1S/C15H19NO/c1-16-10-9-15-11-5-2-3-6-12(11)17-14(15)8-4-7-13(15)16/h2-3,5-6,13-14H,4,7-10H2,1H3/t13-,14-,15+/m0/s1. The van der Waals surface area contributed by atoms with Crippen LogP contribution in [0.2, 0.25) is 0 Å².